The van der Waals surface area contributed by atoms with Crippen LogP contribution in [0.2, 0.25) is 0 Å². The zero-order chi connectivity index (χ0) is 9.64. The Morgan fingerprint density at radius 1 is 0.857 bits per heavy atom. The van der Waals surface area contributed by atoms with Crippen molar-refractivity contribution in [3.05, 3.63) is 0 Å². The molecule has 2 rings (SSSR count). The minimum absolute atomic E-state index is 0.748. The summed E-state index contributed by atoms with van der Waals surface area (Å²) in [7, 11) is 2.99. The van der Waals surface area contributed by atoms with Crippen LogP contribution in [-0.2, 0) is 9.47 Å². The molecular formula is C8H12N2O2S2. The number of rotatable bonds is 0. The molecule has 0 spiro atoms. The first-order chi connectivity index (χ1) is 6.95. The van der Waals surface area contributed by atoms with Crippen LogP contribution in [0.15, 0.2) is 9.98 Å². The second kappa shape index (κ2) is 5.50. The number of hydrogen-bond acceptors (Lipinski definition) is 6. The van der Waals surface area contributed by atoms with Gasteiger partial charge < -0.3 is 9.47 Å². The standard InChI is InChI=1S/C8H12N2O2S2/c1-3-9-7(11-5-1)13-14-8-10-4-2-6-12-8/h1-6H2. The van der Waals surface area contributed by atoms with E-state index in [9.17, 15) is 0 Å². The maximum atomic E-state index is 5.35. The molecule has 2 aliphatic rings. The zero-order valence-corrected chi connectivity index (χ0v) is 9.40. The second-order valence-corrected chi connectivity index (χ2v) is 4.90. The van der Waals surface area contributed by atoms with E-state index in [-0.39, 0.29) is 0 Å². The van der Waals surface area contributed by atoms with Gasteiger partial charge in [0.2, 0.25) is 0 Å². The Morgan fingerprint density at radius 2 is 1.36 bits per heavy atom. The first-order valence-electron chi connectivity index (χ1n) is 4.64. The predicted molar refractivity (Wildman–Crippen MR) is 60.9 cm³/mol. The molecule has 0 aromatic rings. The average molecular weight is 232 g/mol. The van der Waals surface area contributed by atoms with Crippen molar-refractivity contribution in [3.8, 4) is 0 Å². The minimum atomic E-state index is 0.748. The van der Waals surface area contributed by atoms with E-state index >= 15 is 0 Å². The van der Waals surface area contributed by atoms with Crippen LogP contribution >= 0.6 is 21.6 Å². The van der Waals surface area contributed by atoms with E-state index in [1.54, 1.807) is 0 Å². The number of nitrogens with zero attached hydrogens (tertiary/aromatic N) is 2. The summed E-state index contributed by atoms with van der Waals surface area (Å²) in [6, 6.07) is 0. The summed E-state index contributed by atoms with van der Waals surface area (Å²) in [5.74, 6) is 0. The highest BCUT2D eigenvalue weighted by atomic mass is 33.1. The highest BCUT2D eigenvalue weighted by Crippen LogP contribution is 2.28. The summed E-state index contributed by atoms with van der Waals surface area (Å²) in [5.41, 5.74) is 0. The van der Waals surface area contributed by atoms with Crippen LogP contribution in [0, 0.1) is 0 Å². The van der Waals surface area contributed by atoms with Gasteiger partial charge in [-0.05, 0) is 0 Å². The van der Waals surface area contributed by atoms with Crippen LogP contribution in [0.5, 0.6) is 0 Å². The van der Waals surface area contributed by atoms with E-state index in [1.165, 1.54) is 21.6 Å². The minimum Gasteiger partial charge on any atom is -0.472 e. The third kappa shape index (κ3) is 3.09. The third-order valence-electron chi connectivity index (χ3n) is 1.72. The lowest BCUT2D eigenvalue weighted by atomic mass is 10.4. The van der Waals surface area contributed by atoms with Crippen LogP contribution < -0.4 is 0 Å². The fraction of sp³-hybridized carbons (Fsp3) is 0.750. The quantitative estimate of drug-likeness (QED) is 0.598. The molecule has 2 heterocycles. The van der Waals surface area contributed by atoms with Crippen LogP contribution in [0.3, 0.4) is 0 Å². The molecule has 14 heavy (non-hydrogen) atoms. The van der Waals surface area contributed by atoms with Crippen molar-refractivity contribution in [2.75, 3.05) is 26.3 Å². The monoisotopic (exact) mass is 232 g/mol. The molecule has 0 atom stereocenters. The molecular weight excluding hydrogens is 220 g/mol. The maximum absolute atomic E-state index is 5.35. The van der Waals surface area contributed by atoms with Gasteiger partial charge in [-0.15, -0.1) is 0 Å². The van der Waals surface area contributed by atoms with E-state index in [0.29, 0.717) is 0 Å². The van der Waals surface area contributed by atoms with Gasteiger partial charge in [0.1, 0.15) is 0 Å². The van der Waals surface area contributed by atoms with Crippen molar-refractivity contribution in [3.63, 3.8) is 0 Å². The summed E-state index contributed by atoms with van der Waals surface area (Å²) in [5, 5.41) is 1.50. The summed E-state index contributed by atoms with van der Waals surface area (Å²) < 4.78 is 10.7. The van der Waals surface area contributed by atoms with E-state index in [0.717, 1.165) is 49.6 Å². The molecule has 0 fully saturated rings. The Morgan fingerprint density at radius 3 is 1.71 bits per heavy atom. The fourth-order valence-electron chi connectivity index (χ4n) is 1.05. The molecule has 0 radical (unpaired) electrons. The number of hydrogen-bond donors (Lipinski definition) is 0. The Kier molecular flexibility index (Phi) is 4.00. The van der Waals surface area contributed by atoms with Crippen LogP contribution in [0.25, 0.3) is 0 Å². The first kappa shape index (κ1) is 10.2. The molecule has 0 saturated carbocycles. The van der Waals surface area contributed by atoms with Crippen molar-refractivity contribution in [1.82, 2.24) is 0 Å². The van der Waals surface area contributed by atoms with E-state index in [1.807, 2.05) is 0 Å². The predicted octanol–water partition coefficient (Wildman–Crippen LogP) is 1.92. The third-order valence-corrected chi connectivity index (χ3v) is 3.69. The molecule has 0 bridgehead atoms. The van der Waals surface area contributed by atoms with Gasteiger partial charge in [-0.1, -0.05) is 0 Å². The van der Waals surface area contributed by atoms with Crippen molar-refractivity contribution in [2.45, 2.75) is 12.8 Å². The Labute approximate surface area is 90.9 Å². The van der Waals surface area contributed by atoms with E-state index < -0.39 is 0 Å². The lowest BCUT2D eigenvalue weighted by molar-refractivity contribution is 0.292. The molecule has 4 nitrogen and oxygen atoms in total. The van der Waals surface area contributed by atoms with Crippen molar-refractivity contribution < 1.29 is 9.47 Å². The van der Waals surface area contributed by atoms with Crippen molar-refractivity contribution >= 4 is 32.0 Å². The van der Waals surface area contributed by atoms with Gasteiger partial charge in [0, 0.05) is 47.5 Å². The molecule has 6 heteroatoms. The van der Waals surface area contributed by atoms with Gasteiger partial charge in [0.25, 0.3) is 10.5 Å². The summed E-state index contributed by atoms with van der Waals surface area (Å²) in [6.07, 6.45) is 2.04. The summed E-state index contributed by atoms with van der Waals surface area (Å²) in [6.45, 7) is 3.30. The van der Waals surface area contributed by atoms with Crippen LogP contribution in [0.4, 0.5) is 0 Å². The largest absolute Gasteiger partial charge is 0.472 e. The van der Waals surface area contributed by atoms with Crippen molar-refractivity contribution in [1.29, 1.82) is 0 Å². The fourth-order valence-corrected chi connectivity index (χ4v) is 2.78. The SMILES string of the molecule is C1CN=C(SSC2=NCCCO2)OC1. The number of ether oxygens (including phenoxy) is 2. The topological polar surface area (TPSA) is 43.2 Å². The lowest BCUT2D eigenvalue weighted by Gasteiger charge is -2.14. The summed E-state index contributed by atoms with van der Waals surface area (Å²) in [4.78, 5) is 8.48. The van der Waals surface area contributed by atoms with Crippen molar-refractivity contribution in [2.24, 2.45) is 9.98 Å². The summed E-state index contributed by atoms with van der Waals surface area (Å²) >= 11 is 0. The van der Waals surface area contributed by atoms with Gasteiger partial charge >= 0.3 is 0 Å². The molecule has 0 unspecified atom stereocenters. The van der Waals surface area contributed by atoms with Crippen LogP contribution in [-0.4, -0.2) is 36.8 Å². The normalized spacial score (nSPS) is 21.7. The van der Waals surface area contributed by atoms with Gasteiger partial charge in [0.05, 0.1) is 13.2 Å². The molecule has 78 valence electrons. The van der Waals surface area contributed by atoms with E-state index in [4.69, 9.17) is 9.47 Å². The smallest absolute Gasteiger partial charge is 0.257 e. The van der Waals surface area contributed by atoms with Crippen LogP contribution in [0.1, 0.15) is 12.8 Å². The van der Waals surface area contributed by atoms with Gasteiger partial charge in [0.15, 0.2) is 0 Å². The molecule has 0 aromatic carbocycles. The molecule has 0 N–H and O–H groups in total. The zero-order valence-electron chi connectivity index (χ0n) is 7.77. The Balaban J connectivity index is 1.75. The highest BCUT2D eigenvalue weighted by Gasteiger charge is 2.12. The maximum Gasteiger partial charge on any atom is 0.257 e. The van der Waals surface area contributed by atoms with E-state index in [2.05, 4.69) is 9.98 Å². The van der Waals surface area contributed by atoms with Gasteiger partial charge in [-0.25, -0.2) is 9.98 Å². The molecule has 2 aliphatic heterocycles. The molecule has 0 aliphatic carbocycles. The lowest BCUT2D eigenvalue weighted by Crippen LogP contribution is -2.12. The Bertz CT molecular complexity index is 230. The van der Waals surface area contributed by atoms with Gasteiger partial charge in [-0.3, -0.25) is 0 Å². The van der Waals surface area contributed by atoms with Gasteiger partial charge in [-0.2, -0.15) is 0 Å². The molecule has 0 amide bonds. The number of aliphatic imine (C=N–C) groups is 2. The average Bonchev–Trinajstić information content (AvgIpc) is 2.29. The molecule has 0 saturated heterocycles. The highest BCUT2D eigenvalue weighted by molar-refractivity contribution is 8.87. The first-order valence-corrected chi connectivity index (χ1v) is 6.79. The molecule has 0 aromatic heterocycles. The second-order valence-electron chi connectivity index (χ2n) is 2.87. The Hall–Kier alpha value is -0.360.